The van der Waals surface area contributed by atoms with Gasteiger partial charge in [-0.05, 0) is 26.0 Å². The second kappa shape index (κ2) is 6.43. The Morgan fingerprint density at radius 3 is 2.82 bits per heavy atom. The molecule has 0 saturated heterocycles. The van der Waals surface area contributed by atoms with E-state index in [0.717, 1.165) is 5.69 Å². The van der Waals surface area contributed by atoms with E-state index >= 15 is 0 Å². The first-order valence-electron chi connectivity index (χ1n) is 5.56. The monoisotopic (exact) mass is 252 g/mol. The first-order chi connectivity index (χ1) is 8.04. The van der Waals surface area contributed by atoms with Crippen molar-refractivity contribution in [1.82, 2.24) is 9.88 Å². The number of halogens is 1. The van der Waals surface area contributed by atoms with Gasteiger partial charge in [-0.15, -0.1) is 0 Å². The van der Waals surface area contributed by atoms with Crippen LogP contribution < -0.4 is 5.73 Å². The van der Waals surface area contributed by atoms with Crippen LogP contribution in [0.15, 0.2) is 12.1 Å². The molecule has 0 radical (unpaired) electrons. The van der Waals surface area contributed by atoms with Crippen molar-refractivity contribution < 1.29 is 0 Å². The van der Waals surface area contributed by atoms with E-state index in [0.29, 0.717) is 36.4 Å². The molecule has 0 unspecified atom stereocenters. The van der Waals surface area contributed by atoms with Gasteiger partial charge in [-0.2, -0.15) is 5.26 Å². The van der Waals surface area contributed by atoms with Crippen LogP contribution in [0.25, 0.3) is 0 Å². The molecule has 4 nitrogen and oxygen atoms in total. The molecule has 5 heteroatoms. The maximum absolute atomic E-state index is 8.62. The Kier molecular flexibility index (Phi) is 5.20. The van der Waals surface area contributed by atoms with E-state index in [-0.39, 0.29) is 0 Å². The van der Waals surface area contributed by atoms with E-state index in [1.165, 1.54) is 0 Å². The highest BCUT2D eigenvalue weighted by Crippen LogP contribution is 2.18. The summed E-state index contributed by atoms with van der Waals surface area (Å²) in [6.07, 6.45) is 0.498. The highest BCUT2D eigenvalue weighted by atomic mass is 35.5. The summed E-state index contributed by atoms with van der Waals surface area (Å²) < 4.78 is 0. The largest absolute Gasteiger partial charge is 0.384 e. The van der Waals surface area contributed by atoms with Crippen molar-refractivity contribution in [2.45, 2.75) is 32.9 Å². The van der Waals surface area contributed by atoms with Crippen LogP contribution in [0, 0.1) is 11.3 Å². The molecule has 1 aromatic heterocycles. The summed E-state index contributed by atoms with van der Waals surface area (Å²) in [4.78, 5) is 6.37. The number of hydrogen-bond acceptors (Lipinski definition) is 4. The summed E-state index contributed by atoms with van der Waals surface area (Å²) in [5, 5.41) is 9.24. The first kappa shape index (κ1) is 13.8. The van der Waals surface area contributed by atoms with E-state index in [9.17, 15) is 0 Å². The van der Waals surface area contributed by atoms with Gasteiger partial charge in [0.1, 0.15) is 5.82 Å². The fraction of sp³-hybridized carbons (Fsp3) is 0.500. The van der Waals surface area contributed by atoms with Crippen LogP contribution >= 0.6 is 11.6 Å². The quantitative estimate of drug-likeness (QED) is 0.874. The number of anilines is 1. The number of nitrogens with two attached hydrogens (primary N) is 1. The molecule has 0 aliphatic carbocycles. The number of nitrogen functional groups attached to an aromatic ring is 1. The van der Waals surface area contributed by atoms with Gasteiger partial charge in [0, 0.05) is 25.6 Å². The zero-order valence-electron chi connectivity index (χ0n) is 10.2. The van der Waals surface area contributed by atoms with Crippen LogP contribution in [0.2, 0.25) is 5.02 Å². The van der Waals surface area contributed by atoms with Crippen molar-refractivity contribution in [1.29, 1.82) is 5.26 Å². The van der Waals surface area contributed by atoms with Gasteiger partial charge in [-0.25, -0.2) is 4.98 Å². The van der Waals surface area contributed by atoms with Crippen molar-refractivity contribution in [2.24, 2.45) is 0 Å². The van der Waals surface area contributed by atoms with Gasteiger partial charge in [0.15, 0.2) is 0 Å². The average Bonchev–Trinajstić information content (AvgIpc) is 2.28. The van der Waals surface area contributed by atoms with Gasteiger partial charge in [0.2, 0.25) is 0 Å². The zero-order valence-corrected chi connectivity index (χ0v) is 10.9. The number of nitrogens with zero attached hydrogens (tertiary/aromatic N) is 3. The van der Waals surface area contributed by atoms with Gasteiger partial charge in [-0.1, -0.05) is 11.6 Å². The molecule has 1 aromatic rings. The Bertz CT molecular complexity index is 411. The third-order valence-corrected chi connectivity index (χ3v) is 2.88. The molecule has 17 heavy (non-hydrogen) atoms. The van der Waals surface area contributed by atoms with Crippen molar-refractivity contribution in [3.8, 4) is 6.07 Å². The van der Waals surface area contributed by atoms with Crippen LogP contribution in [0.4, 0.5) is 5.82 Å². The average molecular weight is 253 g/mol. The van der Waals surface area contributed by atoms with Crippen LogP contribution in [-0.2, 0) is 6.54 Å². The van der Waals surface area contributed by atoms with Crippen LogP contribution in [-0.4, -0.2) is 22.5 Å². The third kappa shape index (κ3) is 4.22. The molecule has 0 aliphatic rings. The topological polar surface area (TPSA) is 65.9 Å². The van der Waals surface area contributed by atoms with Gasteiger partial charge in [0.05, 0.1) is 16.8 Å². The van der Waals surface area contributed by atoms with Crippen LogP contribution in [0.5, 0.6) is 0 Å². The number of pyridine rings is 1. The number of rotatable bonds is 5. The molecule has 0 aromatic carbocycles. The van der Waals surface area contributed by atoms with Crippen molar-refractivity contribution in [3.05, 3.63) is 22.8 Å². The minimum absolute atomic E-state index is 0.336. The maximum Gasteiger partial charge on any atom is 0.123 e. The van der Waals surface area contributed by atoms with E-state index in [2.05, 4.69) is 29.8 Å². The zero-order chi connectivity index (χ0) is 12.8. The van der Waals surface area contributed by atoms with Crippen molar-refractivity contribution in [3.63, 3.8) is 0 Å². The van der Waals surface area contributed by atoms with Gasteiger partial charge >= 0.3 is 0 Å². The SMILES string of the molecule is CC(C)N(CCC#N)Cc1nc(N)ccc1Cl. The minimum atomic E-state index is 0.336. The molecule has 1 rings (SSSR count). The first-order valence-corrected chi connectivity index (χ1v) is 5.94. The summed E-state index contributed by atoms with van der Waals surface area (Å²) in [6.45, 7) is 5.49. The third-order valence-electron chi connectivity index (χ3n) is 2.53. The second-order valence-corrected chi connectivity index (χ2v) is 4.54. The summed E-state index contributed by atoms with van der Waals surface area (Å²) in [5.74, 6) is 0.466. The predicted octanol–water partition coefficient (Wildman–Crippen LogP) is 2.44. The molecule has 1 heterocycles. The summed E-state index contributed by atoms with van der Waals surface area (Å²) in [6, 6.07) is 5.91. The Balaban J connectivity index is 2.78. The highest BCUT2D eigenvalue weighted by molar-refractivity contribution is 6.31. The Morgan fingerprint density at radius 1 is 1.53 bits per heavy atom. The van der Waals surface area contributed by atoms with E-state index in [1.54, 1.807) is 12.1 Å². The lowest BCUT2D eigenvalue weighted by molar-refractivity contribution is 0.215. The normalized spacial score (nSPS) is 10.8. The molecule has 0 bridgehead atoms. The van der Waals surface area contributed by atoms with Gasteiger partial charge in [0.25, 0.3) is 0 Å². The van der Waals surface area contributed by atoms with Crippen LogP contribution in [0.3, 0.4) is 0 Å². The lowest BCUT2D eigenvalue weighted by Gasteiger charge is -2.25. The molecule has 0 saturated carbocycles. The molecule has 0 spiro atoms. The smallest absolute Gasteiger partial charge is 0.123 e. The second-order valence-electron chi connectivity index (χ2n) is 4.14. The van der Waals surface area contributed by atoms with E-state index in [4.69, 9.17) is 22.6 Å². The molecular formula is C12H17ClN4. The highest BCUT2D eigenvalue weighted by Gasteiger charge is 2.13. The molecular weight excluding hydrogens is 236 g/mol. The molecule has 2 N–H and O–H groups in total. The standard InChI is InChI=1S/C12H17ClN4/c1-9(2)17(7-3-6-14)8-11-10(13)4-5-12(15)16-11/h4-5,9H,3,7-8H2,1-2H3,(H2,15,16). The Hall–Kier alpha value is -1.31. The van der Waals surface area contributed by atoms with Gasteiger partial charge in [-0.3, -0.25) is 4.90 Å². The fourth-order valence-corrected chi connectivity index (χ4v) is 1.68. The number of nitriles is 1. The Morgan fingerprint density at radius 2 is 2.24 bits per heavy atom. The van der Waals surface area contributed by atoms with Gasteiger partial charge < -0.3 is 5.73 Å². The summed E-state index contributed by atoms with van der Waals surface area (Å²) in [7, 11) is 0. The fourth-order valence-electron chi connectivity index (χ4n) is 1.52. The molecule has 0 amide bonds. The maximum atomic E-state index is 8.62. The van der Waals surface area contributed by atoms with E-state index in [1.807, 2.05) is 0 Å². The lowest BCUT2D eigenvalue weighted by atomic mass is 10.2. The summed E-state index contributed by atoms with van der Waals surface area (Å²) >= 11 is 6.07. The predicted molar refractivity (Wildman–Crippen MR) is 69.4 cm³/mol. The van der Waals surface area contributed by atoms with Crippen molar-refractivity contribution in [2.75, 3.05) is 12.3 Å². The van der Waals surface area contributed by atoms with Crippen molar-refractivity contribution >= 4 is 17.4 Å². The molecule has 92 valence electrons. The number of aromatic nitrogens is 1. The molecule has 0 aliphatic heterocycles. The lowest BCUT2D eigenvalue weighted by Crippen LogP contribution is -2.31. The number of hydrogen-bond donors (Lipinski definition) is 1. The van der Waals surface area contributed by atoms with E-state index < -0.39 is 0 Å². The minimum Gasteiger partial charge on any atom is -0.384 e. The van der Waals surface area contributed by atoms with Crippen LogP contribution in [0.1, 0.15) is 26.0 Å². The Labute approximate surface area is 107 Å². The summed E-state index contributed by atoms with van der Waals surface area (Å²) in [5.41, 5.74) is 6.40. The molecule has 0 fully saturated rings. The molecule has 0 atom stereocenters.